The average molecular weight is 382 g/mol. The number of carbonyl (C=O) groups is 1. The van der Waals surface area contributed by atoms with E-state index in [2.05, 4.69) is 4.99 Å². The van der Waals surface area contributed by atoms with Gasteiger partial charge in [0, 0.05) is 30.3 Å². The van der Waals surface area contributed by atoms with Crippen LogP contribution in [0.2, 0.25) is 0 Å². The van der Waals surface area contributed by atoms with E-state index < -0.39 is 27.8 Å². The van der Waals surface area contributed by atoms with E-state index in [0.29, 0.717) is 13.1 Å². The molecule has 1 aromatic rings. The molecule has 2 aliphatic rings. The van der Waals surface area contributed by atoms with Gasteiger partial charge in [-0.05, 0) is 38.8 Å². The smallest absolute Gasteiger partial charge is 0.239 e. The number of thioether (sulfide) groups is 1. The minimum absolute atomic E-state index is 0.0196. The fraction of sp³-hybridized carbons (Fsp3) is 0.556. The molecule has 8 heteroatoms. The molecule has 1 fully saturated rings. The first-order valence-electron chi connectivity index (χ1n) is 8.68. The van der Waals surface area contributed by atoms with Crippen molar-refractivity contribution in [2.75, 3.05) is 18.8 Å². The number of amidine groups is 1. The summed E-state index contributed by atoms with van der Waals surface area (Å²) in [6.45, 7) is 6.73. The normalized spacial score (nSPS) is 31.8. The Balaban J connectivity index is 2.10. The number of nitrogens with two attached hydrogens (primary N) is 2. The molecule has 4 N–H and O–H groups in total. The highest BCUT2D eigenvalue weighted by molar-refractivity contribution is 8.15. The fourth-order valence-electron chi connectivity index (χ4n) is 3.93. The lowest BCUT2D eigenvalue weighted by atomic mass is 9.73. The molecule has 0 aromatic heterocycles. The maximum atomic E-state index is 14.6. The number of rotatable bonds is 2. The lowest BCUT2D eigenvalue weighted by Gasteiger charge is -2.47. The van der Waals surface area contributed by atoms with Gasteiger partial charge in [-0.1, -0.05) is 18.7 Å². The summed E-state index contributed by atoms with van der Waals surface area (Å²) in [6.07, 6.45) is 1.94. The second-order valence-electron chi connectivity index (χ2n) is 7.39. The first kappa shape index (κ1) is 18.9. The number of amides is 1. The van der Waals surface area contributed by atoms with Gasteiger partial charge >= 0.3 is 0 Å². The molecule has 0 radical (unpaired) electrons. The molecular formula is C18H24F2N4OS. The third kappa shape index (κ3) is 2.84. The second kappa shape index (κ2) is 6.40. The number of nitrogens with zero attached hydrogens (tertiary/aromatic N) is 2. The molecule has 2 aliphatic heterocycles. The van der Waals surface area contributed by atoms with Gasteiger partial charge in [0.05, 0.1) is 5.54 Å². The van der Waals surface area contributed by atoms with Crippen LogP contribution in [0.15, 0.2) is 17.1 Å². The molecule has 2 heterocycles. The SMILES string of the molecule is CC1[C@@](C)(C(=O)N2CCCC2)SC(N)=N[C@]1(C)c1cc(N)cc(F)c1F. The molecule has 0 bridgehead atoms. The van der Waals surface area contributed by atoms with Crippen molar-refractivity contribution < 1.29 is 13.6 Å². The number of carbonyl (C=O) groups excluding carboxylic acids is 1. The summed E-state index contributed by atoms with van der Waals surface area (Å²) in [5.74, 6) is -2.52. The number of hydrogen-bond donors (Lipinski definition) is 2. The Morgan fingerprint density at radius 3 is 2.50 bits per heavy atom. The van der Waals surface area contributed by atoms with E-state index in [0.717, 1.165) is 18.9 Å². The molecule has 3 atom stereocenters. The number of nitrogen functional groups attached to an aromatic ring is 1. The van der Waals surface area contributed by atoms with E-state index in [-0.39, 0.29) is 22.3 Å². The van der Waals surface area contributed by atoms with Gasteiger partial charge in [0.1, 0.15) is 4.75 Å². The van der Waals surface area contributed by atoms with Crippen LogP contribution in [0.5, 0.6) is 0 Å². The summed E-state index contributed by atoms with van der Waals surface area (Å²) < 4.78 is 27.7. The van der Waals surface area contributed by atoms with Crippen LogP contribution in [0.1, 0.15) is 39.2 Å². The Kier molecular flexibility index (Phi) is 4.67. The highest BCUT2D eigenvalue weighted by Crippen LogP contribution is 2.51. The first-order valence-corrected chi connectivity index (χ1v) is 9.50. The van der Waals surface area contributed by atoms with E-state index in [9.17, 15) is 13.6 Å². The Hall–Kier alpha value is -1.83. The third-order valence-electron chi connectivity index (χ3n) is 5.74. The van der Waals surface area contributed by atoms with Crippen LogP contribution in [-0.4, -0.2) is 33.8 Å². The van der Waals surface area contributed by atoms with Crippen LogP contribution < -0.4 is 11.5 Å². The number of anilines is 1. The Labute approximate surface area is 156 Å². The van der Waals surface area contributed by atoms with Crippen LogP contribution in [0.25, 0.3) is 0 Å². The van der Waals surface area contributed by atoms with Gasteiger partial charge in [0.2, 0.25) is 5.91 Å². The maximum absolute atomic E-state index is 14.6. The molecule has 0 aliphatic carbocycles. The van der Waals surface area contributed by atoms with E-state index in [4.69, 9.17) is 11.5 Å². The zero-order valence-corrected chi connectivity index (χ0v) is 16.0. The molecule has 5 nitrogen and oxygen atoms in total. The number of likely N-dealkylation sites (tertiary alicyclic amines) is 1. The average Bonchev–Trinajstić information content (AvgIpc) is 3.09. The topological polar surface area (TPSA) is 84.7 Å². The molecule has 142 valence electrons. The Morgan fingerprint density at radius 2 is 1.88 bits per heavy atom. The molecule has 26 heavy (non-hydrogen) atoms. The van der Waals surface area contributed by atoms with Gasteiger partial charge in [-0.3, -0.25) is 9.79 Å². The predicted octanol–water partition coefficient (Wildman–Crippen LogP) is 2.84. The van der Waals surface area contributed by atoms with E-state index in [1.54, 1.807) is 6.92 Å². The summed E-state index contributed by atoms with van der Waals surface area (Å²) in [7, 11) is 0. The van der Waals surface area contributed by atoms with Gasteiger partial charge in [0.15, 0.2) is 16.8 Å². The predicted molar refractivity (Wildman–Crippen MR) is 101 cm³/mol. The standard InChI is InChI=1S/C18H24F2N4OS/c1-10-17(2,12-8-11(21)9-13(19)14(12)20)23-16(22)26-18(10,3)15(25)24-6-4-5-7-24/h8-10H,4-7,21H2,1-3H3,(H2,22,23)/t10?,17-,18-/m0/s1. The van der Waals surface area contributed by atoms with Gasteiger partial charge in [-0.25, -0.2) is 8.78 Å². The van der Waals surface area contributed by atoms with Gasteiger partial charge in [-0.2, -0.15) is 0 Å². The number of hydrogen-bond acceptors (Lipinski definition) is 5. The highest BCUT2D eigenvalue weighted by atomic mass is 32.2. The lowest BCUT2D eigenvalue weighted by molar-refractivity contribution is -0.134. The molecule has 1 unspecified atom stereocenters. The first-order chi connectivity index (χ1) is 12.1. The fourth-order valence-corrected chi connectivity index (χ4v) is 5.22. The van der Waals surface area contributed by atoms with E-state index in [1.807, 2.05) is 18.7 Å². The minimum atomic E-state index is -1.21. The lowest BCUT2D eigenvalue weighted by Crippen LogP contribution is -2.56. The Morgan fingerprint density at radius 1 is 1.27 bits per heavy atom. The molecular weight excluding hydrogens is 358 g/mol. The van der Waals surface area contributed by atoms with Crippen molar-refractivity contribution >= 4 is 28.5 Å². The Bertz CT molecular complexity index is 781. The zero-order chi connectivity index (χ0) is 19.3. The van der Waals surface area contributed by atoms with Crippen molar-refractivity contribution in [3.05, 3.63) is 29.3 Å². The third-order valence-corrected chi connectivity index (χ3v) is 6.99. The maximum Gasteiger partial charge on any atom is 0.239 e. The van der Waals surface area contributed by atoms with Gasteiger partial charge in [-0.15, -0.1) is 0 Å². The summed E-state index contributed by atoms with van der Waals surface area (Å²) in [4.78, 5) is 19.5. The number of halogens is 2. The summed E-state index contributed by atoms with van der Waals surface area (Å²) in [5.41, 5.74) is 10.7. The molecule has 1 saturated heterocycles. The molecule has 1 aromatic carbocycles. The van der Waals surface area contributed by atoms with Crippen LogP contribution in [0.3, 0.4) is 0 Å². The molecule has 1 amide bonds. The molecule has 0 spiro atoms. The molecule has 3 rings (SSSR count). The minimum Gasteiger partial charge on any atom is -0.399 e. The van der Waals surface area contributed by atoms with Gasteiger partial charge < -0.3 is 16.4 Å². The zero-order valence-electron chi connectivity index (χ0n) is 15.2. The van der Waals surface area contributed by atoms with Crippen molar-refractivity contribution in [1.82, 2.24) is 4.90 Å². The highest BCUT2D eigenvalue weighted by Gasteiger charge is 2.55. The van der Waals surface area contributed by atoms with E-state index in [1.165, 1.54) is 17.8 Å². The van der Waals surface area contributed by atoms with Crippen LogP contribution >= 0.6 is 11.8 Å². The van der Waals surface area contributed by atoms with Gasteiger partial charge in [0.25, 0.3) is 0 Å². The van der Waals surface area contributed by atoms with E-state index >= 15 is 0 Å². The number of benzene rings is 1. The van der Waals surface area contributed by atoms with Crippen LogP contribution in [0.4, 0.5) is 14.5 Å². The summed E-state index contributed by atoms with van der Waals surface area (Å²) in [6, 6.07) is 2.31. The van der Waals surface area contributed by atoms with Crippen LogP contribution in [-0.2, 0) is 10.3 Å². The quantitative estimate of drug-likeness (QED) is 0.771. The van der Waals surface area contributed by atoms with Crippen LogP contribution in [0, 0.1) is 17.6 Å². The second-order valence-corrected chi connectivity index (χ2v) is 8.86. The summed E-state index contributed by atoms with van der Waals surface area (Å²) >= 11 is 1.19. The summed E-state index contributed by atoms with van der Waals surface area (Å²) in [5, 5.41) is 0.183. The largest absolute Gasteiger partial charge is 0.399 e. The monoisotopic (exact) mass is 382 g/mol. The van der Waals surface area contributed by atoms with Crippen molar-refractivity contribution in [3.8, 4) is 0 Å². The van der Waals surface area contributed by atoms with Crippen molar-refractivity contribution in [2.45, 2.75) is 43.9 Å². The van der Waals surface area contributed by atoms with Crippen molar-refractivity contribution in [2.24, 2.45) is 16.6 Å². The van der Waals surface area contributed by atoms with Crippen molar-refractivity contribution in [1.29, 1.82) is 0 Å². The molecule has 0 saturated carbocycles. The number of aliphatic imine (C=N–C) groups is 1. The van der Waals surface area contributed by atoms with Crippen molar-refractivity contribution in [3.63, 3.8) is 0 Å².